The van der Waals surface area contributed by atoms with Crippen molar-refractivity contribution in [2.75, 3.05) is 19.5 Å². The molecule has 0 fully saturated rings. The molecular formula is C22H24N4O3. The summed E-state index contributed by atoms with van der Waals surface area (Å²) < 4.78 is 10.6. The molecular weight excluding hydrogens is 368 g/mol. The number of carbonyl (C=O) groups excluding carboxylic acids is 1. The fourth-order valence-corrected chi connectivity index (χ4v) is 2.82. The minimum absolute atomic E-state index is 0.246. The average molecular weight is 392 g/mol. The van der Waals surface area contributed by atoms with Gasteiger partial charge in [0.2, 0.25) is 5.95 Å². The van der Waals surface area contributed by atoms with Gasteiger partial charge in [0.25, 0.3) is 5.91 Å². The highest BCUT2D eigenvalue weighted by Gasteiger charge is 2.10. The third-order valence-corrected chi connectivity index (χ3v) is 4.49. The van der Waals surface area contributed by atoms with Crippen molar-refractivity contribution in [3.63, 3.8) is 0 Å². The van der Waals surface area contributed by atoms with E-state index in [1.54, 1.807) is 26.5 Å². The molecule has 0 aliphatic carbocycles. The van der Waals surface area contributed by atoms with Gasteiger partial charge in [-0.2, -0.15) is 0 Å². The van der Waals surface area contributed by atoms with Gasteiger partial charge in [-0.25, -0.2) is 9.97 Å². The Hall–Kier alpha value is -3.61. The van der Waals surface area contributed by atoms with E-state index in [-0.39, 0.29) is 5.91 Å². The van der Waals surface area contributed by atoms with Crippen LogP contribution < -0.4 is 20.1 Å². The number of carbonyl (C=O) groups is 1. The van der Waals surface area contributed by atoms with Crippen molar-refractivity contribution < 1.29 is 14.3 Å². The summed E-state index contributed by atoms with van der Waals surface area (Å²) in [6, 6.07) is 15.2. The lowest BCUT2D eigenvalue weighted by atomic mass is 10.1. The lowest BCUT2D eigenvalue weighted by Crippen LogP contribution is -2.24. The molecule has 0 aliphatic heterocycles. The fraction of sp³-hybridized carbons (Fsp3) is 0.227. The van der Waals surface area contributed by atoms with Crippen LogP contribution in [-0.4, -0.2) is 30.1 Å². The van der Waals surface area contributed by atoms with E-state index >= 15 is 0 Å². The summed E-state index contributed by atoms with van der Waals surface area (Å²) in [5, 5.41) is 6.03. The molecule has 0 aliphatic rings. The van der Waals surface area contributed by atoms with E-state index in [2.05, 4.69) is 20.6 Å². The first-order valence-corrected chi connectivity index (χ1v) is 9.21. The monoisotopic (exact) mass is 392 g/mol. The molecule has 2 aromatic carbocycles. The van der Waals surface area contributed by atoms with Gasteiger partial charge >= 0.3 is 0 Å². The Balaban J connectivity index is 1.62. The molecule has 1 aromatic heterocycles. The van der Waals surface area contributed by atoms with Crippen molar-refractivity contribution in [1.29, 1.82) is 0 Å². The largest absolute Gasteiger partial charge is 0.493 e. The molecule has 0 unspecified atom stereocenters. The summed E-state index contributed by atoms with van der Waals surface area (Å²) in [6.07, 6.45) is 1.56. The zero-order chi connectivity index (χ0) is 20.6. The number of benzene rings is 2. The van der Waals surface area contributed by atoms with Gasteiger partial charge in [-0.1, -0.05) is 30.3 Å². The summed E-state index contributed by atoms with van der Waals surface area (Å²) in [4.78, 5) is 20.9. The maximum absolute atomic E-state index is 12.5. The summed E-state index contributed by atoms with van der Waals surface area (Å²) in [5.74, 6) is 1.45. The normalized spacial score (nSPS) is 10.3. The molecule has 0 spiro atoms. The molecule has 7 nitrogen and oxygen atoms in total. The highest BCUT2D eigenvalue weighted by molar-refractivity contribution is 5.92. The quantitative estimate of drug-likeness (QED) is 0.612. The molecule has 3 rings (SSSR count). The summed E-state index contributed by atoms with van der Waals surface area (Å²) in [7, 11) is 3.19. The number of aromatic nitrogens is 2. The van der Waals surface area contributed by atoms with Crippen LogP contribution in [0.15, 0.2) is 54.7 Å². The molecule has 1 amide bonds. The van der Waals surface area contributed by atoms with Gasteiger partial charge in [0.1, 0.15) is 5.69 Å². The third-order valence-electron chi connectivity index (χ3n) is 4.49. The van der Waals surface area contributed by atoms with Crippen molar-refractivity contribution >= 4 is 11.9 Å². The lowest BCUT2D eigenvalue weighted by Gasteiger charge is -2.11. The second-order valence-electron chi connectivity index (χ2n) is 6.42. The summed E-state index contributed by atoms with van der Waals surface area (Å²) >= 11 is 0. The SMILES string of the molecule is COc1ccc(CNc2nccc(C(=O)NCc3ccccc3C)n2)cc1OC. The smallest absolute Gasteiger partial charge is 0.270 e. The van der Waals surface area contributed by atoms with Crippen LogP contribution in [0.25, 0.3) is 0 Å². The van der Waals surface area contributed by atoms with Gasteiger partial charge in [0.15, 0.2) is 11.5 Å². The molecule has 1 heterocycles. The van der Waals surface area contributed by atoms with Gasteiger partial charge < -0.3 is 20.1 Å². The third kappa shape index (κ3) is 5.22. The standard InChI is InChI=1S/C22H24N4O3/c1-15-6-4-5-7-17(15)14-24-21(27)18-10-11-23-22(26-18)25-13-16-8-9-19(28-2)20(12-16)29-3/h4-12H,13-14H2,1-3H3,(H,24,27)(H,23,25,26). The van der Waals surface area contributed by atoms with Crippen LogP contribution in [0.3, 0.4) is 0 Å². The van der Waals surface area contributed by atoms with Crippen molar-refractivity contribution in [2.24, 2.45) is 0 Å². The van der Waals surface area contributed by atoms with Crippen LogP contribution in [-0.2, 0) is 13.1 Å². The number of amides is 1. The highest BCUT2D eigenvalue weighted by atomic mass is 16.5. The Morgan fingerprint density at radius 2 is 1.79 bits per heavy atom. The number of methoxy groups -OCH3 is 2. The van der Waals surface area contributed by atoms with Gasteiger partial charge in [0.05, 0.1) is 14.2 Å². The first-order valence-electron chi connectivity index (χ1n) is 9.21. The Bertz CT molecular complexity index is 991. The van der Waals surface area contributed by atoms with Crippen LogP contribution in [0, 0.1) is 6.92 Å². The van der Waals surface area contributed by atoms with Gasteiger partial charge in [-0.15, -0.1) is 0 Å². The Morgan fingerprint density at radius 3 is 2.55 bits per heavy atom. The molecule has 0 radical (unpaired) electrons. The van der Waals surface area contributed by atoms with Crippen LogP contribution in [0.2, 0.25) is 0 Å². The predicted octanol–water partition coefficient (Wildman–Crippen LogP) is 3.34. The number of hydrogen-bond donors (Lipinski definition) is 2. The Kier molecular flexibility index (Phi) is 6.63. The first-order chi connectivity index (χ1) is 14.1. The van der Waals surface area contributed by atoms with E-state index in [1.807, 2.05) is 49.4 Å². The number of rotatable bonds is 8. The minimum Gasteiger partial charge on any atom is -0.493 e. The average Bonchev–Trinajstić information content (AvgIpc) is 2.76. The number of anilines is 1. The fourth-order valence-electron chi connectivity index (χ4n) is 2.82. The van der Waals surface area contributed by atoms with E-state index in [0.29, 0.717) is 36.2 Å². The molecule has 29 heavy (non-hydrogen) atoms. The Labute approximate surface area is 170 Å². The summed E-state index contributed by atoms with van der Waals surface area (Å²) in [5.41, 5.74) is 3.48. The van der Waals surface area contributed by atoms with E-state index < -0.39 is 0 Å². The van der Waals surface area contributed by atoms with Crippen molar-refractivity contribution in [3.05, 3.63) is 77.1 Å². The van der Waals surface area contributed by atoms with Gasteiger partial charge in [-0.3, -0.25) is 4.79 Å². The first kappa shape index (κ1) is 20.1. The number of hydrogen-bond acceptors (Lipinski definition) is 6. The molecule has 0 atom stereocenters. The van der Waals surface area contributed by atoms with Crippen molar-refractivity contribution in [1.82, 2.24) is 15.3 Å². The second kappa shape index (κ2) is 9.54. The van der Waals surface area contributed by atoms with E-state index in [4.69, 9.17) is 9.47 Å². The maximum atomic E-state index is 12.5. The van der Waals surface area contributed by atoms with E-state index in [0.717, 1.165) is 16.7 Å². The van der Waals surface area contributed by atoms with E-state index in [1.165, 1.54) is 0 Å². The molecule has 0 bridgehead atoms. The number of ether oxygens (including phenoxy) is 2. The summed E-state index contributed by atoms with van der Waals surface area (Å²) in [6.45, 7) is 2.95. The zero-order valence-electron chi connectivity index (χ0n) is 16.7. The number of nitrogens with zero attached hydrogens (tertiary/aromatic N) is 2. The highest BCUT2D eigenvalue weighted by Crippen LogP contribution is 2.27. The lowest BCUT2D eigenvalue weighted by molar-refractivity contribution is 0.0946. The van der Waals surface area contributed by atoms with Crippen LogP contribution >= 0.6 is 0 Å². The Morgan fingerprint density at radius 1 is 1.00 bits per heavy atom. The molecule has 0 saturated carbocycles. The topological polar surface area (TPSA) is 85.4 Å². The number of aryl methyl sites for hydroxylation is 1. The van der Waals surface area contributed by atoms with Crippen LogP contribution in [0.5, 0.6) is 11.5 Å². The molecule has 7 heteroatoms. The minimum atomic E-state index is -0.246. The van der Waals surface area contributed by atoms with E-state index in [9.17, 15) is 4.79 Å². The van der Waals surface area contributed by atoms with Gasteiger partial charge in [0, 0.05) is 19.3 Å². The predicted molar refractivity (Wildman–Crippen MR) is 111 cm³/mol. The van der Waals surface area contributed by atoms with Crippen LogP contribution in [0.1, 0.15) is 27.2 Å². The zero-order valence-corrected chi connectivity index (χ0v) is 16.7. The number of nitrogens with one attached hydrogen (secondary N) is 2. The molecule has 3 aromatic rings. The van der Waals surface area contributed by atoms with Crippen LogP contribution in [0.4, 0.5) is 5.95 Å². The van der Waals surface area contributed by atoms with Crippen molar-refractivity contribution in [3.8, 4) is 11.5 Å². The molecule has 0 saturated heterocycles. The second-order valence-corrected chi connectivity index (χ2v) is 6.42. The van der Waals surface area contributed by atoms with Gasteiger partial charge in [-0.05, 0) is 41.8 Å². The van der Waals surface area contributed by atoms with Crippen molar-refractivity contribution in [2.45, 2.75) is 20.0 Å². The maximum Gasteiger partial charge on any atom is 0.270 e. The molecule has 150 valence electrons. The molecule has 2 N–H and O–H groups in total.